The van der Waals surface area contributed by atoms with Crippen molar-refractivity contribution in [1.29, 1.82) is 0 Å². The van der Waals surface area contributed by atoms with Crippen LogP contribution in [0.2, 0.25) is 0 Å². The van der Waals surface area contributed by atoms with Crippen LogP contribution in [0.3, 0.4) is 0 Å². The first-order valence-electron chi connectivity index (χ1n) is 14.2. The van der Waals surface area contributed by atoms with Crippen LogP contribution < -0.4 is 5.69 Å². The molecule has 6 nitrogen and oxygen atoms in total. The van der Waals surface area contributed by atoms with Gasteiger partial charge in [0.25, 0.3) is 0 Å². The van der Waals surface area contributed by atoms with Gasteiger partial charge in [0.15, 0.2) is 5.82 Å². The summed E-state index contributed by atoms with van der Waals surface area (Å²) in [6.45, 7) is 0. The van der Waals surface area contributed by atoms with Gasteiger partial charge in [-0.25, -0.2) is 14.8 Å². The van der Waals surface area contributed by atoms with Gasteiger partial charge in [0.1, 0.15) is 11.2 Å². The van der Waals surface area contributed by atoms with Gasteiger partial charge in [-0.2, -0.15) is 0 Å². The number of benzene rings is 5. The average molecular weight is 559 g/mol. The van der Waals surface area contributed by atoms with Gasteiger partial charge in [0.05, 0.1) is 22.4 Å². The van der Waals surface area contributed by atoms with Crippen molar-refractivity contribution in [3.8, 4) is 45.0 Å². The van der Waals surface area contributed by atoms with E-state index in [1.807, 2.05) is 66.7 Å². The number of aromatic nitrogens is 4. The van der Waals surface area contributed by atoms with Crippen molar-refractivity contribution in [3.05, 3.63) is 132 Å². The second-order valence-corrected chi connectivity index (χ2v) is 10.8. The Morgan fingerprint density at radius 2 is 1.23 bits per heavy atom. The zero-order valence-corrected chi connectivity index (χ0v) is 23.7. The molecule has 0 saturated heterocycles. The van der Waals surface area contributed by atoms with E-state index in [9.17, 15) is 4.79 Å². The number of para-hydroxylation sites is 1. The minimum Gasteiger partial charge on any atom is -0.456 e. The molecule has 3 aromatic heterocycles. The van der Waals surface area contributed by atoms with E-state index < -0.39 is 0 Å². The highest BCUT2D eigenvalue weighted by Gasteiger charge is 2.16. The summed E-state index contributed by atoms with van der Waals surface area (Å²) in [4.78, 5) is 22.5. The summed E-state index contributed by atoms with van der Waals surface area (Å²) in [7, 11) is 3.61. The van der Waals surface area contributed by atoms with Crippen molar-refractivity contribution in [2.24, 2.45) is 14.1 Å². The average Bonchev–Trinajstić information content (AvgIpc) is 3.55. The lowest BCUT2D eigenvalue weighted by Gasteiger charge is -2.11. The van der Waals surface area contributed by atoms with E-state index in [0.717, 1.165) is 72.2 Å². The molecule has 8 rings (SSSR count). The van der Waals surface area contributed by atoms with E-state index in [1.54, 1.807) is 23.2 Å². The minimum absolute atomic E-state index is 0.0320. The van der Waals surface area contributed by atoms with Gasteiger partial charge in [-0.1, -0.05) is 91.0 Å². The smallest absolute Gasteiger partial charge is 0.328 e. The predicted octanol–water partition coefficient (Wildman–Crippen LogP) is 8.23. The third kappa shape index (κ3) is 4.07. The summed E-state index contributed by atoms with van der Waals surface area (Å²) in [5, 5.41) is 2.11. The van der Waals surface area contributed by atoms with Gasteiger partial charge >= 0.3 is 5.69 Å². The maximum atomic E-state index is 12.4. The summed E-state index contributed by atoms with van der Waals surface area (Å²) in [5.74, 6) is 0.664. The molecule has 3 heterocycles. The molecule has 0 atom stereocenters. The van der Waals surface area contributed by atoms with Crippen molar-refractivity contribution in [2.45, 2.75) is 0 Å². The number of hydrogen-bond donors (Lipinski definition) is 0. The number of imidazole rings is 1. The molecule has 0 radical (unpaired) electrons. The number of furan rings is 1. The molecule has 0 aliphatic carbocycles. The molecule has 0 aliphatic rings. The van der Waals surface area contributed by atoms with E-state index in [0.29, 0.717) is 5.82 Å². The van der Waals surface area contributed by atoms with Crippen molar-refractivity contribution in [3.63, 3.8) is 0 Å². The molecule has 6 heteroatoms. The minimum atomic E-state index is -0.0320. The summed E-state index contributed by atoms with van der Waals surface area (Å²) in [5.41, 5.74) is 10.2. The van der Waals surface area contributed by atoms with E-state index in [2.05, 4.69) is 54.6 Å². The first-order valence-corrected chi connectivity index (χ1v) is 14.2. The summed E-state index contributed by atoms with van der Waals surface area (Å²) < 4.78 is 9.54. The van der Waals surface area contributed by atoms with Crippen molar-refractivity contribution in [2.75, 3.05) is 0 Å². The quantitative estimate of drug-likeness (QED) is 0.218. The first kappa shape index (κ1) is 25.0. The highest BCUT2D eigenvalue weighted by molar-refractivity contribution is 6.12. The lowest BCUT2D eigenvalue weighted by Crippen LogP contribution is -2.19. The molecule has 0 bridgehead atoms. The van der Waals surface area contributed by atoms with Gasteiger partial charge in [0.2, 0.25) is 0 Å². The lowest BCUT2D eigenvalue weighted by atomic mass is 10.00. The monoisotopic (exact) mass is 558 g/mol. The zero-order valence-electron chi connectivity index (χ0n) is 23.7. The Bertz CT molecular complexity index is 2380. The van der Waals surface area contributed by atoms with E-state index in [-0.39, 0.29) is 5.69 Å². The third-order valence-electron chi connectivity index (χ3n) is 8.22. The number of aryl methyl sites for hydroxylation is 2. The van der Waals surface area contributed by atoms with Crippen molar-refractivity contribution >= 4 is 33.0 Å². The fraction of sp³-hybridized carbons (Fsp3) is 0.0541. The molecule has 0 spiro atoms. The van der Waals surface area contributed by atoms with Gasteiger partial charge in [-0.15, -0.1) is 0 Å². The topological polar surface area (TPSA) is 65.8 Å². The van der Waals surface area contributed by atoms with E-state index in [1.165, 1.54) is 0 Å². The van der Waals surface area contributed by atoms with Crippen molar-refractivity contribution < 1.29 is 4.42 Å². The lowest BCUT2D eigenvalue weighted by molar-refractivity contribution is 0.669. The van der Waals surface area contributed by atoms with Crippen LogP contribution in [0, 0.1) is 0 Å². The van der Waals surface area contributed by atoms with Gasteiger partial charge in [-0.3, -0.25) is 9.13 Å². The molecule has 0 fully saturated rings. The Hall–Kier alpha value is -5.75. The number of rotatable bonds is 4. The molecule has 0 N–H and O–H groups in total. The van der Waals surface area contributed by atoms with Crippen LogP contribution in [0.5, 0.6) is 0 Å². The highest BCUT2D eigenvalue weighted by atomic mass is 16.3. The normalized spacial score (nSPS) is 11.6. The number of hydrogen-bond acceptors (Lipinski definition) is 4. The van der Waals surface area contributed by atoms with Crippen LogP contribution in [0.1, 0.15) is 0 Å². The van der Waals surface area contributed by atoms with Crippen molar-refractivity contribution in [1.82, 2.24) is 19.1 Å². The molecule has 0 aliphatic heterocycles. The molecule has 5 aromatic carbocycles. The zero-order chi connectivity index (χ0) is 29.1. The van der Waals surface area contributed by atoms with E-state index >= 15 is 0 Å². The first-order chi connectivity index (χ1) is 21.0. The Morgan fingerprint density at radius 1 is 0.558 bits per heavy atom. The van der Waals surface area contributed by atoms with Gasteiger partial charge in [0, 0.05) is 41.6 Å². The molecule has 43 heavy (non-hydrogen) atoms. The maximum Gasteiger partial charge on any atom is 0.328 e. The predicted molar refractivity (Wildman–Crippen MR) is 173 cm³/mol. The molecular weight excluding hydrogens is 532 g/mol. The Labute approximate surface area is 247 Å². The van der Waals surface area contributed by atoms with Crippen LogP contribution >= 0.6 is 0 Å². The van der Waals surface area contributed by atoms with Crippen LogP contribution in [0.25, 0.3) is 78.0 Å². The Balaban J connectivity index is 1.27. The third-order valence-corrected chi connectivity index (χ3v) is 8.22. The van der Waals surface area contributed by atoms with Crippen LogP contribution in [-0.2, 0) is 14.1 Å². The van der Waals surface area contributed by atoms with Crippen LogP contribution in [0.4, 0.5) is 0 Å². The maximum absolute atomic E-state index is 12.4. The largest absolute Gasteiger partial charge is 0.456 e. The molecule has 0 amide bonds. The SMILES string of the molecule is Cn1c(=O)n(C)c2cc(-c3ccc(-c4cc(-c5cccc6oc7ccccc7c56)nc(-c5ccccc5)n4)cc3)ccc21. The van der Waals surface area contributed by atoms with Crippen LogP contribution in [-0.4, -0.2) is 19.1 Å². The fourth-order valence-electron chi connectivity index (χ4n) is 5.96. The molecular formula is C37H26N4O2. The summed E-state index contributed by atoms with van der Waals surface area (Å²) in [6.07, 6.45) is 0. The highest BCUT2D eigenvalue weighted by Crippen LogP contribution is 2.37. The number of fused-ring (bicyclic) bond motifs is 4. The molecule has 0 saturated carbocycles. The van der Waals surface area contributed by atoms with Gasteiger partial charge < -0.3 is 4.42 Å². The van der Waals surface area contributed by atoms with E-state index in [4.69, 9.17) is 14.4 Å². The molecule has 206 valence electrons. The second-order valence-electron chi connectivity index (χ2n) is 10.8. The Morgan fingerprint density at radius 3 is 2.07 bits per heavy atom. The fourth-order valence-corrected chi connectivity index (χ4v) is 5.96. The molecule has 8 aromatic rings. The second kappa shape index (κ2) is 9.67. The summed E-state index contributed by atoms with van der Waals surface area (Å²) >= 11 is 0. The standard InChI is InChI=1S/C37H26N4O2/c1-40-31-20-19-26(21-32(31)41(2)37(40)42)23-15-17-24(18-16-23)29-22-30(39-36(38-29)25-9-4-3-5-10-25)27-12-8-14-34-35(27)28-11-6-7-13-33(28)43-34/h3-22H,1-2H3. The van der Waals surface area contributed by atoms with Crippen LogP contribution in [0.15, 0.2) is 131 Å². The Kier molecular flexibility index (Phi) is 5.62. The summed E-state index contributed by atoms with van der Waals surface area (Å²) in [6, 6.07) is 40.9. The molecule has 0 unspecified atom stereocenters. The van der Waals surface area contributed by atoms with Gasteiger partial charge in [-0.05, 0) is 41.5 Å². The number of nitrogens with zero attached hydrogens (tertiary/aromatic N) is 4.